The van der Waals surface area contributed by atoms with Gasteiger partial charge in [-0.2, -0.15) is 0 Å². The predicted octanol–water partition coefficient (Wildman–Crippen LogP) is 1.25. The molecule has 1 rings (SSSR count). The average molecular weight is 335 g/mol. The first-order valence-corrected chi connectivity index (χ1v) is 7.76. The number of amides is 1. The molecule has 0 saturated heterocycles. The van der Waals surface area contributed by atoms with Crippen LogP contribution in [0.15, 0.2) is 33.6 Å². The number of nitrogens with one attached hydrogen (secondary N) is 2. The molecular formula is C11H15BrN2O3S. The van der Waals surface area contributed by atoms with Crippen molar-refractivity contribution in [1.82, 2.24) is 10.0 Å². The molecule has 2 N–H and O–H groups in total. The van der Waals surface area contributed by atoms with Crippen LogP contribution in [-0.2, 0) is 14.8 Å². The van der Waals surface area contributed by atoms with Gasteiger partial charge in [0.2, 0.25) is 15.9 Å². The molecule has 0 aliphatic carbocycles. The lowest BCUT2D eigenvalue weighted by atomic mass is 10.4. The van der Waals surface area contributed by atoms with Gasteiger partial charge < -0.3 is 5.32 Å². The van der Waals surface area contributed by atoms with Crippen molar-refractivity contribution in [1.29, 1.82) is 0 Å². The van der Waals surface area contributed by atoms with Crippen molar-refractivity contribution in [3.05, 3.63) is 28.7 Å². The molecule has 0 bridgehead atoms. The first kappa shape index (κ1) is 15.1. The van der Waals surface area contributed by atoms with E-state index in [2.05, 4.69) is 26.0 Å². The highest BCUT2D eigenvalue weighted by atomic mass is 79.9. The molecule has 1 amide bonds. The molecule has 100 valence electrons. The van der Waals surface area contributed by atoms with Gasteiger partial charge in [-0.15, -0.1) is 0 Å². The van der Waals surface area contributed by atoms with Crippen LogP contribution in [-0.4, -0.2) is 27.4 Å². The van der Waals surface area contributed by atoms with Crippen molar-refractivity contribution in [2.45, 2.75) is 18.2 Å². The van der Waals surface area contributed by atoms with Crippen LogP contribution >= 0.6 is 15.9 Å². The van der Waals surface area contributed by atoms with E-state index in [0.29, 0.717) is 11.0 Å². The van der Waals surface area contributed by atoms with Crippen molar-refractivity contribution in [2.75, 3.05) is 13.1 Å². The fourth-order valence-electron chi connectivity index (χ4n) is 1.32. The van der Waals surface area contributed by atoms with Gasteiger partial charge in [-0.25, -0.2) is 13.1 Å². The largest absolute Gasteiger partial charge is 0.356 e. The number of benzene rings is 1. The van der Waals surface area contributed by atoms with Crippen LogP contribution in [0.4, 0.5) is 0 Å². The van der Waals surface area contributed by atoms with Crippen LogP contribution in [0.5, 0.6) is 0 Å². The van der Waals surface area contributed by atoms with E-state index in [1.165, 1.54) is 6.07 Å². The molecule has 5 nitrogen and oxygen atoms in total. The van der Waals surface area contributed by atoms with Gasteiger partial charge in [0.1, 0.15) is 0 Å². The zero-order valence-corrected chi connectivity index (χ0v) is 12.3. The topological polar surface area (TPSA) is 75.3 Å². The number of rotatable bonds is 6. The van der Waals surface area contributed by atoms with Gasteiger partial charge >= 0.3 is 0 Å². The second kappa shape index (κ2) is 6.86. The van der Waals surface area contributed by atoms with Gasteiger partial charge in [0.05, 0.1) is 4.90 Å². The monoisotopic (exact) mass is 334 g/mol. The summed E-state index contributed by atoms with van der Waals surface area (Å²) in [6.45, 7) is 2.43. The molecule has 7 heteroatoms. The molecule has 0 aliphatic rings. The molecule has 0 heterocycles. The summed E-state index contributed by atoms with van der Waals surface area (Å²) in [4.78, 5) is 11.3. The quantitative estimate of drug-likeness (QED) is 0.822. The molecule has 0 fully saturated rings. The highest BCUT2D eigenvalue weighted by molar-refractivity contribution is 9.10. The van der Waals surface area contributed by atoms with E-state index >= 15 is 0 Å². The molecule has 0 radical (unpaired) electrons. The normalized spacial score (nSPS) is 11.2. The zero-order valence-electron chi connectivity index (χ0n) is 9.94. The first-order valence-electron chi connectivity index (χ1n) is 5.48. The molecule has 0 unspecified atom stereocenters. The Morgan fingerprint density at radius 1 is 1.33 bits per heavy atom. The highest BCUT2D eigenvalue weighted by Gasteiger charge is 2.16. The van der Waals surface area contributed by atoms with Crippen molar-refractivity contribution >= 4 is 31.9 Å². The first-order chi connectivity index (χ1) is 8.47. The third kappa shape index (κ3) is 4.40. The SMILES string of the molecule is CCNC(=O)CCNS(=O)(=O)c1ccccc1Br. The zero-order chi connectivity index (χ0) is 13.6. The lowest BCUT2D eigenvalue weighted by Crippen LogP contribution is -2.30. The molecule has 0 aromatic heterocycles. The Labute approximate surface area is 115 Å². The van der Waals surface area contributed by atoms with E-state index in [0.717, 1.165) is 0 Å². The van der Waals surface area contributed by atoms with Crippen LogP contribution in [0.25, 0.3) is 0 Å². The number of halogens is 1. The van der Waals surface area contributed by atoms with Crippen LogP contribution in [0.1, 0.15) is 13.3 Å². The molecule has 18 heavy (non-hydrogen) atoms. The summed E-state index contributed by atoms with van der Waals surface area (Å²) in [6.07, 6.45) is 0.123. The predicted molar refractivity (Wildman–Crippen MR) is 72.6 cm³/mol. The molecule has 0 aliphatic heterocycles. The van der Waals surface area contributed by atoms with Gasteiger partial charge in [-0.1, -0.05) is 12.1 Å². The summed E-state index contributed by atoms with van der Waals surface area (Å²) in [5.41, 5.74) is 0. The number of carbonyl (C=O) groups excluding carboxylic acids is 1. The number of hydrogen-bond donors (Lipinski definition) is 2. The molecule has 0 spiro atoms. The van der Waals surface area contributed by atoms with E-state index in [1.54, 1.807) is 18.2 Å². The maximum Gasteiger partial charge on any atom is 0.241 e. The molecule has 1 aromatic rings. The van der Waals surface area contributed by atoms with E-state index in [1.807, 2.05) is 6.92 Å². The standard InChI is InChI=1S/C11H15BrN2O3S/c1-2-13-11(15)7-8-14-18(16,17)10-6-4-3-5-9(10)12/h3-6,14H,2,7-8H2,1H3,(H,13,15). The van der Waals surface area contributed by atoms with E-state index in [-0.39, 0.29) is 23.8 Å². The Balaban J connectivity index is 2.61. The molecule has 1 aromatic carbocycles. The Bertz CT molecular complexity index is 517. The smallest absolute Gasteiger partial charge is 0.241 e. The van der Waals surface area contributed by atoms with E-state index in [4.69, 9.17) is 0 Å². The van der Waals surface area contributed by atoms with Crippen molar-refractivity contribution in [3.63, 3.8) is 0 Å². The molecule has 0 saturated carbocycles. The summed E-state index contributed by atoms with van der Waals surface area (Å²) in [5.74, 6) is -0.174. The lowest BCUT2D eigenvalue weighted by molar-refractivity contribution is -0.120. The van der Waals surface area contributed by atoms with Crippen molar-refractivity contribution < 1.29 is 13.2 Å². The Morgan fingerprint density at radius 2 is 2.00 bits per heavy atom. The minimum atomic E-state index is -3.58. The van der Waals surface area contributed by atoms with Crippen LogP contribution in [0, 0.1) is 0 Å². The highest BCUT2D eigenvalue weighted by Crippen LogP contribution is 2.20. The van der Waals surface area contributed by atoms with Gasteiger partial charge in [0, 0.05) is 24.0 Å². The van der Waals surface area contributed by atoms with Crippen molar-refractivity contribution in [3.8, 4) is 0 Å². The van der Waals surface area contributed by atoms with Gasteiger partial charge in [-0.3, -0.25) is 4.79 Å². The fraction of sp³-hybridized carbons (Fsp3) is 0.364. The summed E-state index contributed by atoms with van der Waals surface area (Å²) in [7, 11) is -3.58. The third-order valence-corrected chi connectivity index (χ3v) is 4.62. The van der Waals surface area contributed by atoms with Crippen LogP contribution in [0.2, 0.25) is 0 Å². The van der Waals surface area contributed by atoms with Crippen LogP contribution < -0.4 is 10.0 Å². The fourth-order valence-corrected chi connectivity index (χ4v) is 3.36. The van der Waals surface area contributed by atoms with E-state index in [9.17, 15) is 13.2 Å². The Hall–Kier alpha value is -0.920. The van der Waals surface area contributed by atoms with Gasteiger partial charge in [-0.05, 0) is 35.0 Å². The second-order valence-electron chi connectivity index (χ2n) is 3.53. The number of hydrogen-bond acceptors (Lipinski definition) is 3. The summed E-state index contributed by atoms with van der Waals surface area (Å²) in [6, 6.07) is 6.53. The van der Waals surface area contributed by atoms with Gasteiger partial charge in [0.25, 0.3) is 0 Å². The maximum absolute atomic E-state index is 11.9. The summed E-state index contributed by atoms with van der Waals surface area (Å²) < 4.78 is 26.7. The minimum absolute atomic E-state index is 0.0789. The Kier molecular flexibility index (Phi) is 5.77. The average Bonchev–Trinajstić information content (AvgIpc) is 2.29. The minimum Gasteiger partial charge on any atom is -0.356 e. The number of carbonyl (C=O) groups is 1. The maximum atomic E-state index is 11.9. The van der Waals surface area contributed by atoms with E-state index < -0.39 is 10.0 Å². The van der Waals surface area contributed by atoms with Crippen molar-refractivity contribution in [2.24, 2.45) is 0 Å². The Morgan fingerprint density at radius 3 is 2.61 bits per heavy atom. The van der Waals surface area contributed by atoms with Gasteiger partial charge in [0.15, 0.2) is 0 Å². The second-order valence-corrected chi connectivity index (χ2v) is 6.12. The molecule has 0 atom stereocenters. The lowest BCUT2D eigenvalue weighted by Gasteiger charge is -2.08. The molecular weight excluding hydrogens is 320 g/mol. The van der Waals surface area contributed by atoms with Crippen LogP contribution in [0.3, 0.4) is 0 Å². The number of sulfonamides is 1. The summed E-state index contributed by atoms with van der Waals surface area (Å²) in [5, 5.41) is 2.60. The third-order valence-electron chi connectivity index (χ3n) is 2.14. The summed E-state index contributed by atoms with van der Waals surface area (Å²) >= 11 is 3.18.